The van der Waals surface area contributed by atoms with Gasteiger partial charge in [-0.2, -0.15) is 0 Å². The average molecular weight is 454 g/mol. The smallest absolute Gasteiger partial charge is 0.243 e. The second-order valence-corrected chi connectivity index (χ2v) is 6.26. The largest absolute Gasteiger partial charge is 0.357 e. The van der Waals surface area contributed by atoms with Gasteiger partial charge in [-0.05, 0) is 33.4 Å². The lowest BCUT2D eigenvalue weighted by Gasteiger charge is -2.32. The summed E-state index contributed by atoms with van der Waals surface area (Å²) in [7, 11) is 5.68. The Hall–Kier alpha value is -0.610. The molecule has 0 aliphatic carbocycles. The first kappa shape index (κ1) is 23.4. The van der Waals surface area contributed by atoms with Gasteiger partial charge in [0.1, 0.15) is 6.54 Å². The molecule has 0 saturated carbocycles. The summed E-state index contributed by atoms with van der Waals surface area (Å²) < 4.78 is 0. The zero-order valence-corrected chi connectivity index (χ0v) is 18.0. The highest BCUT2D eigenvalue weighted by Gasteiger charge is 2.12. The molecule has 8 heteroatoms. The number of nitrogens with one attached hydrogen (secondary N) is 2. The number of hydrogen-bond acceptors (Lipinski definition) is 4. The third-order valence-electron chi connectivity index (χ3n) is 4.00. The van der Waals surface area contributed by atoms with Crippen LogP contribution in [0.1, 0.15) is 19.8 Å². The maximum atomic E-state index is 11.6. The number of nitrogens with zero attached hydrogens (tertiary/aromatic N) is 4. The molecule has 1 aliphatic heterocycles. The maximum absolute atomic E-state index is 11.6. The van der Waals surface area contributed by atoms with Crippen LogP contribution in [0, 0.1) is 0 Å². The van der Waals surface area contributed by atoms with Crippen molar-refractivity contribution in [2.24, 2.45) is 4.99 Å². The Morgan fingerprint density at radius 3 is 2.38 bits per heavy atom. The number of piperazine rings is 1. The number of guanidine groups is 1. The third kappa shape index (κ3) is 10.3. The average Bonchev–Trinajstić information content (AvgIpc) is 2.53. The van der Waals surface area contributed by atoms with Crippen molar-refractivity contribution in [3.8, 4) is 0 Å². The number of carbonyl (C=O) groups is 1. The zero-order chi connectivity index (χ0) is 17.1. The number of halogens is 1. The van der Waals surface area contributed by atoms with Crippen LogP contribution in [-0.4, -0.2) is 100 Å². The van der Waals surface area contributed by atoms with Gasteiger partial charge in [-0.25, -0.2) is 4.99 Å². The highest BCUT2D eigenvalue weighted by atomic mass is 127. The Labute approximate surface area is 164 Å². The zero-order valence-electron chi connectivity index (χ0n) is 15.7. The van der Waals surface area contributed by atoms with E-state index in [4.69, 9.17) is 0 Å². The Morgan fingerprint density at radius 2 is 1.79 bits per heavy atom. The van der Waals surface area contributed by atoms with Crippen LogP contribution in [0.3, 0.4) is 0 Å². The molecule has 0 aromatic carbocycles. The van der Waals surface area contributed by atoms with Gasteiger partial charge in [0.05, 0.1) is 0 Å². The number of aliphatic imine (C=N–C) groups is 1. The molecule has 1 aliphatic rings. The summed E-state index contributed by atoms with van der Waals surface area (Å²) in [5, 5.41) is 6.48. The van der Waals surface area contributed by atoms with Crippen molar-refractivity contribution < 1.29 is 4.79 Å². The SMILES string of the molecule is CCNC(=NCC(=O)N(C)C)NCCCCN1CCN(C)CC1.I. The summed E-state index contributed by atoms with van der Waals surface area (Å²) in [6.45, 7) is 9.77. The number of carbonyl (C=O) groups excluding carboxylic acids is 1. The molecule has 0 aromatic rings. The summed E-state index contributed by atoms with van der Waals surface area (Å²) >= 11 is 0. The van der Waals surface area contributed by atoms with Gasteiger partial charge in [-0.15, -0.1) is 24.0 Å². The minimum atomic E-state index is 0. The van der Waals surface area contributed by atoms with Gasteiger partial charge in [0.25, 0.3) is 0 Å². The summed E-state index contributed by atoms with van der Waals surface area (Å²) in [4.78, 5) is 22.4. The first-order valence-corrected chi connectivity index (χ1v) is 8.66. The molecular weight excluding hydrogens is 419 g/mol. The highest BCUT2D eigenvalue weighted by Crippen LogP contribution is 2.01. The molecule has 0 radical (unpaired) electrons. The Kier molecular flexibility index (Phi) is 13.3. The van der Waals surface area contributed by atoms with E-state index in [1.165, 1.54) is 39.1 Å². The summed E-state index contributed by atoms with van der Waals surface area (Å²) in [6, 6.07) is 0. The van der Waals surface area contributed by atoms with Gasteiger partial charge < -0.3 is 25.3 Å². The minimum Gasteiger partial charge on any atom is -0.357 e. The quantitative estimate of drug-likeness (QED) is 0.239. The molecule has 2 N–H and O–H groups in total. The van der Waals surface area contributed by atoms with E-state index >= 15 is 0 Å². The van der Waals surface area contributed by atoms with Gasteiger partial charge in [-0.3, -0.25) is 4.79 Å². The van der Waals surface area contributed by atoms with E-state index in [0.717, 1.165) is 25.5 Å². The van der Waals surface area contributed by atoms with Crippen molar-refractivity contribution >= 4 is 35.8 Å². The number of hydrogen-bond donors (Lipinski definition) is 2. The summed E-state index contributed by atoms with van der Waals surface area (Å²) in [5.41, 5.74) is 0. The summed E-state index contributed by atoms with van der Waals surface area (Å²) in [6.07, 6.45) is 2.30. The van der Waals surface area contributed by atoms with Crippen molar-refractivity contribution in [2.75, 3.05) is 73.5 Å². The van der Waals surface area contributed by atoms with E-state index in [-0.39, 0.29) is 36.4 Å². The Balaban J connectivity index is 0.00000529. The van der Waals surface area contributed by atoms with Gasteiger partial charge in [-0.1, -0.05) is 0 Å². The van der Waals surface area contributed by atoms with Crippen LogP contribution < -0.4 is 10.6 Å². The van der Waals surface area contributed by atoms with Crippen LogP contribution in [0.5, 0.6) is 0 Å². The molecule has 0 aromatic heterocycles. The molecule has 142 valence electrons. The molecule has 0 spiro atoms. The van der Waals surface area contributed by atoms with Gasteiger partial charge >= 0.3 is 0 Å². The van der Waals surface area contributed by atoms with Gasteiger partial charge in [0, 0.05) is 53.4 Å². The molecule has 1 saturated heterocycles. The van der Waals surface area contributed by atoms with Crippen LogP contribution in [0.2, 0.25) is 0 Å². The second-order valence-electron chi connectivity index (χ2n) is 6.26. The fraction of sp³-hybridized carbons (Fsp3) is 0.875. The molecule has 1 fully saturated rings. The van der Waals surface area contributed by atoms with Crippen molar-refractivity contribution in [1.29, 1.82) is 0 Å². The van der Waals surface area contributed by atoms with Crippen molar-refractivity contribution in [2.45, 2.75) is 19.8 Å². The molecule has 1 heterocycles. The first-order valence-electron chi connectivity index (χ1n) is 8.66. The number of rotatable bonds is 8. The first-order chi connectivity index (χ1) is 11.0. The number of amides is 1. The lowest BCUT2D eigenvalue weighted by atomic mass is 10.2. The highest BCUT2D eigenvalue weighted by molar-refractivity contribution is 14.0. The predicted molar refractivity (Wildman–Crippen MR) is 111 cm³/mol. The molecule has 0 unspecified atom stereocenters. The van der Waals surface area contributed by atoms with Crippen LogP contribution in [0.4, 0.5) is 0 Å². The van der Waals surface area contributed by atoms with Crippen LogP contribution in [0.25, 0.3) is 0 Å². The lowest BCUT2D eigenvalue weighted by Crippen LogP contribution is -2.44. The molecule has 7 nitrogen and oxygen atoms in total. The predicted octanol–water partition coefficient (Wildman–Crippen LogP) is 0.275. The van der Waals surface area contributed by atoms with E-state index < -0.39 is 0 Å². The molecule has 0 atom stereocenters. The van der Waals surface area contributed by atoms with E-state index in [1.807, 2.05) is 6.92 Å². The van der Waals surface area contributed by atoms with Gasteiger partial charge in [0.2, 0.25) is 5.91 Å². The van der Waals surface area contributed by atoms with Crippen molar-refractivity contribution in [1.82, 2.24) is 25.3 Å². The lowest BCUT2D eigenvalue weighted by molar-refractivity contribution is -0.127. The third-order valence-corrected chi connectivity index (χ3v) is 4.00. The maximum Gasteiger partial charge on any atom is 0.243 e. The fourth-order valence-corrected chi connectivity index (χ4v) is 2.37. The molecule has 1 amide bonds. The van der Waals surface area contributed by atoms with Crippen molar-refractivity contribution in [3.63, 3.8) is 0 Å². The molecule has 1 rings (SSSR count). The normalized spacial score (nSPS) is 16.4. The second kappa shape index (κ2) is 13.7. The monoisotopic (exact) mass is 454 g/mol. The van der Waals surface area contributed by atoms with E-state index in [2.05, 4.69) is 32.5 Å². The minimum absolute atomic E-state index is 0. The standard InChI is InChI=1S/C16H34N6O.HI/c1-5-17-16(19-14-15(23)20(2)3)18-8-6-7-9-22-12-10-21(4)11-13-22;/h5-14H2,1-4H3,(H2,17,18,19);1H. The van der Waals surface area contributed by atoms with E-state index in [1.54, 1.807) is 19.0 Å². The van der Waals surface area contributed by atoms with E-state index in [0.29, 0.717) is 0 Å². The number of unbranched alkanes of at least 4 members (excludes halogenated alkanes) is 1. The van der Waals surface area contributed by atoms with Gasteiger partial charge in [0.15, 0.2) is 5.96 Å². The molecular formula is C16H35IN6O. The van der Waals surface area contributed by atoms with Crippen LogP contribution in [-0.2, 0) is 4.79 Å². The Bertz CT molecular complexity index is 370. The van der Waals surface area contributed by atoms with Crippen LogP contribution in [0.15, 0.2) is 4.99 Å². The molecule has 24 heavy (non-hydrogen) atoms. The summed E-state index contributed by atoms with van der Waals surface area (Å²) in [5.74, 6) is 0.736. The van der Waals surface area contributed by atoms with E-state index in [9.17, 15) is 4.79 Å². The Morgan fingerprint density at radius 1 is 1.12 bits per heavy atom. The fourth-order valence-electron chi connectivity index (χ4n) is 2.37. The van der Waals surface area contributed by atoms with Crippen LogP contribution >= 0.6 is 24.0 Å². The molecule has 0 bridgehead atoms. The topological polar surface area (TPSA) is 63.2 Å². The van der Waals surface area contributed by atoms with Crippen molar-refractivity contribution in [3.05, 3.63) is 0 Å². The number of likely N-dealkylation sites (N-methyl/N-ethyl adjacent to an activating group) is 2.